The molecule has 3 N–H and O–H groups in total. The molecule has 0 bridgehead atoms. The van der Waals surface area contributed by atoms with Gasteiger partial charge in [-0.25, -0.2) is 4.79 Å². The van der Waals surface area contributed by atoms with E-state index in [4.69, 9.17) is 15.3 Å². The molecular weight excluding hydrogens is 262 g/mol. The highest BCUT2D eigenvalue weighted by molar-refractivity contribution is 6.02. The van der Waals surface area contributed by atoms with Crippen LogP contribution in [0.4, 0.5) is 5.69 Å². The number of carbonyl (C=O) groups is 3. The Morgan fingerprint density at radius 2 is 1.63 bits per heavy atom. The summed E-state index contributed by atoms with van der Waals surface area (Å²) in [5.41, 5.74) is -2.50. The third-order valence-electron chi connectivity index (χ3n) is 2.29. The second-order valence-corrected chi connectivity index (χ2v) is 3.42. The SMILES string of the molecule is O=C(O)c1cccc(C(C(=O)O)C(=O)O)c1[N+](=O)[O-]. The van der Waals surface area contributed by atoms with E-state index in [1.165, 1.54) is 0 Å². The van der Waals surface area contributed by atoms with Crippen molar-refractivity contribution in [3.63, 3.8) is 0 Å². The number of hydrogen-bond donors (Lipinski definition) is 3. The van der Waals surface area contributed by atoms with Gasteiger partial charge in [-0.15, -0.1) is 0 Å². The molecule has 19 heavy (non-hydrogen) atoms. The van der Waals surface area contributed by atoms with Crippen LogP contribution in [-0.4, -0.2) is 38.2 Å². The van der Waals surface area contributed by atoms with Gasteiger partial charge >= 0.3 is 17.9 Å². The van der Waals surface area contributed by atoms with Crippen LogP contribution in [0.1, 0.15) is 21.8 Å². The third-order valence-corrected chi connectivity index (χ3v) is 2.29. The average molecular weight is 269 g/mol. The van der Waals surface area contributed by atoms with Gasteiger partial charge in [-0.2, -0.15) is 0 Å². The van der Waals surface area contributed by atoms with Crippen LogP contribution in [0.3, 0.4) is 0 Å². The summed E-state index contributed by atoms with van der Waals surface area (Å²) in [6.45, 7) is 0. The molecule has 1 aromatic rings. The molecule has 0 amide bonds. The molecule has 0 aromatic heterocycles. The quantitative estimate of drug-likeness (QED) is 0.397. The number of aromatic carboxylic acids is 1. The lowest BCUT2D eigenvalue weighted by molar-refractivity contribution is -0.386. The van der Waals surface area contributed by atoms with Crippen LogP contribution in [0.25, 0.3) is 0 Å². The lowest BCUT2D eigenvalue weighted by Gasteiger charge is -2.09. The van der Waals surface area contributed by atoms with Gasteiger partial charge < -0.3 is 15.3 Å². The van der Waals surface area contributed by atoms with Crippen molar-refractivity contribution in [1.82, 2.24) is 0 Å². The second kappa shape index (κ2) is 5.12. The van der Waals surface area contributed by atoms with Crippen molar-refractivity contribution in [3.8, 4) is 0 Å². The first-order valence-electron chi connectivity index (χ1n) is 4.73. The minimum absolute atomic E-state index is 0.690. The van der Waals surface area contributed by atoms with E-state index in [1.807, 2.05) is 0 Å². The summed E-state index contributed by atoms with van der Waals surface area (Å²) in [6, 6.07) is 2.84. The molecule has 0 unspecified atom stereocenters. The zero-order valence-corrected chi connectivity index (χ0v) is 9.14. The first kappa shape index (κ1) is 14.1. The minimum atomic E-state index is -2.21. The topological polar surface area (TPSA) is 155 Å². The molecule has 0 aliphatic carbocycles. The zero-order valence-electron chi connectivity index (χ0n) is 9.14. The Labute approximate surface area is 104 Å². The molecule has 0 atom stereocenters. The Morgan fingerprint density at radius 3 is 2.00 bits per heavy atom. The van der Waals surface area contributed by atoms with Crippen LogP contribution < -0.4 is 0 Å². The van der Waals surface area contributed by atoms with Crippen molar-refractivity contribution in [2.45, 2.75) is 5.92 Å². The van der Waals surface area contributed by atoms with E-state index in [2.05, 4.69) is 0 Å². The van der Waals surface area contributed by atoms with E-state index >= 15 is 0 Å². The van der Waals surface area contributed by atoms with E-state index in [0.29, 0.717) is 0 Å². The number of rotatable bonds is 5. The maximum Gasteiger partial charge on any atom is 0.342 e. The van der Waals surface area contributed by atoms with Gasteiger partial charge in [-0.3, -0.25) is 19.7 Å². The number of nitro benzene ring substituents is 1. The number of para-hydroxylation sites is 1. The summed E-state index contributed by atoms with van der Waals surface area (Å²) in [5, 5.41) is 37.2. The fourth-order valence-corrected chi connectivity index (χ4v) is 1.54. The monoisotopic (exact) mass is 269 g/mol. The van der Waals surface area contributed by atoms with Crippen LogP contribution in [-0.2, 0) is 9.59 Å². The van der Waals surface area contributed by atoms with Crippen LogP contribution in [0.2, 0.25) is 0 Å². The predicted molar refractivity (Wildman–Crippen MR) is 58.1 cm³/mol. The number of benzene rings is 1. The Balaban J connectivity index is 3.63. The van der Waals surface area contributed by atoms with Crippen LogP contribution >= 0.6 is 0 Å². The molecule has 0 radical (unpaired) electrons. The van der Waals surface area contributed by atoms with Crippen LogP contribution in [0.15, 0.2) is 18.2 Å². The van der Waals surface area contributed by atoms with Crippen molar-refractivity contribution < 1.29 is 34.6 Å². The molecule has 1 aromatic carbocycles. The number of carboxylic acids is 3. The third kappa shape index (κ3) is 2.65. The maximum absolute atomic E-state index is 10.9. The Morgan fingerprint density at radius 1 is 1.11 bits per heavy atom. The van der Waals surface area contributed by atoms with Crippen molar-refractivity contribution in [1.29, 1.82) is 0 Å². The summed E-state index contributed by atoms with van der Waals surface area (Å²) >= 11 is 0. The van der Waals surface area contributed by atoms with Gasteiger partial charge in [0.25, 0.3) is 5.69 Å². The first-order valence-corrected chi connectivity index (χ1v) is 4.73. The highest BCUT2D eigenvalue weighted by Crippen LogP contribution is 2.30. The smallest absolute Gasteiger partial charge is 0.342 e. The largest absolute Gasteiger partial charge is 0.480 e. The molecule has 100 valence electrons. The highest BCUT2D eigenvalue weighted by atomic mass is 16.6. The number of carboxylic acid groups (broad SMARTS) is 3. The molecule has 9 nitrogen and oxygen atoms in total. The predicted octanol–water partition coefficient (Wildman–Crippen LogP) is 0.546. The highest BCUT2D eigenvalue weighted by Gasteiger charge is 2.36. The van der Waals surface area contributed by atoms with E-state index in [9.17, 15) is 24.5 Å². The molecule has 0 saturated heterocycles. The van der Waals surface area contributed by atoms with Gasteiger partial charge in [0.2, 0.25) is 0 Å². The normalized spacial score (nSPS) is 10.2. The van der Waals surface area contributed by atoms with Crippen molar-refractivity contribution in [2.75, 3.05) is 0 Å². The fourth-order valence-electron chi connectivity index (χ4n) is 1.54. The van der Waals surface area contributed by atoms with Gasteiger partial charge in [0, 0.05) is 0 Å². The lowest BCUT2D eigenvalue weighted by Crippen LogP contribution is -2.23. The van der Waals surface area contributed by atoms with Gasteiger partial charge in [0.1, 0.15) is 5.56 Å². The summed E-state index contributed by atoms with van der Waals surface area (Å²) in [6.07, 6.45) is 0. The molecule has 0 aliphatic heterocycles. The Kier molecular flexibility index (Phi) is 3.80. The second-order valence-electron chi connectivity index (χ2n) is 3.42. The first-order chi connectivity index (χ1) is 8.77. The molecule has 0 saturated carbocycles. The number of nitrogens with zero attached hydrogens (tertiary/aromatic N) is 1. The summed E-state index contributed by atoms with van der Waals surface area (Å²) < 4.78 is 0. The van der Waals surface area contributed by atoms with Gasteiger partial charge in [0.15, 0.2) is 5.92 Å². The van der Waals surface area contributed by atoms with E-state index in [-0.39, 0.29) is 0 Å². The number of nitro groups is 1. The zero-order chi connectivity index (χ0) is 14.7. The Hall–Kier alpha value is -2.97. The van der Waals surface area contributed by atoms with E-state index in [1.54, 1.807) is 0 Å². The molecular formula is C10H7NO8. The van der Waals surface area contributed by atoms with Crippen molar-refractivity contribution in [2.24, 2.45) is 0 Å². The summed E-state index contributed by atoms with van der Waals surface area (Å²) in [5.74, 6) is -7.50. The molecule has 0 aliphatic rings. The van der Waals surface area contributed by atoms with Crippen LogP contribution in [0, 0.1) is 10.1 Å². The minimum Gasteiger partial charge on any atom is -0.480 e. The fraction of sp³-hybridized carbons (Fsp3) is 0.100. The van der Waals surface area contributed by atoms with Crippen molar-refractivity contribution in [3.05, 3.63) is 39.4 Å². The number of hydrogen-bond acceptors (Lipinski definition) is 5. The summed E-state index contributed by atoms with van der Waals surface area (Å²) in [7, 11) is 0. The van der Waals surface area contributed by atoms with Gasteiger partial charge in [-0.05, 0) is 6.07 Å². The lowest BCUT2D eigenvalue weighted by atomic mass is 9.95. The van der Waals surface area contributed by atoms with E-state index in [0.717, 1.165) is 18.2 Å². The molecule has 0 fully saturated rings. The Bertz CT molecular complexity index is 565. The van der Waals surface area contributed by atoms with Crippen LogP contribution in [0.5, 0.6) is 0 Å². The molecule has 1 rings (SSSR count). The molecule has 0 heterocycles. The molecule has 9 heteroatoms. The van der Waals surface area contributed by atoms with E-state index < -0.39 is 45.6 Å². The summed E-state index contributed by atoms with van der Waals surface area (Å²) in [4.78, 5) is 42.3. The standard InChI is InChI=1S/C10H7NO8/c12-8(13)5-3-1-2-4(7(5)11(18)19)6(9(14)15)10(16)17/h1-3,6H,(H,12,13)(H,14,15)(H,16,17). The molecule has 0 spiro atoms. The van der Waals surface area contributed by atoms with Gasteiger partial charge in [0.05, 0.1) is 10.5 Å². The van der Waals surface area contributed by atoms with Crippen molar-refractivity contribution >= 4 is 23.6 Å². The number of aliphatic carboxylic acids is 2. The average Bonchev–Trinajstić information content (AvgIpc) is 2.27. The maximum atomic E-state index is 10.9. The van der Waals surface area contributed by atoms with Gasteiger partial charge in [-0.1, -0.05) is 12.1 Å².